The maximum absolute atomic E-state index is 11.5. The summed E-state index contributed by atoms with van der Waals surface area (Å²) in [4.78, 5) is 13.2. The summed E-state index contributed by atoms with van der Waals surface area (Å²) >= 11 is 1.46. The Labute approximate surface area is 120 Å². The highest BCUT2D eigenvalue weighted by Gasteiger charge is 2.09. The van der Waals surface area contributed by atoms with Crippen LogP contribution < -0.4 is 11.3 Å². The molecule has 0 atom stereocenters. The molecule has 0 spiro atoms. The fourth-order valence-electron chi connectivity index (χ4n) is 2.26. The molecule has 5 heteroatoms. The van der Waals surface area contributed by atoms with E-state index in [-0.39, 0.29) is 5.91 Å². The summed E-state index contributed by atoms with van der Waals surface area (Å²) in [6, 6.07) is 12.3. The Morgan fingerprint density at radius 2 is 2.15 bits per heavy atom. The second-order valence-corrected chi connectivity index (χ2v) is 5.91. The number of aromatic nitrogens is 1. The first-order valence-corrected chi connectivity index (χ1v) is 7.14. The number of rotatable bonds is 3. The van der Waals surface area contributed by atoms with Gasteiger partial charge in [-0.15, -0.1) is 11.3 Å². The molecule has 0 radical (unpaired) electrons. The zero-order valence-corrected chi connectivity index (χ0v) is 11.9. The summed E-state index contributed by atoms with van der Waals surface area (Å²) in [5, 5.41) is 1.23. The summed E-state index contributed by atoms with van der Waals surface area (Å²) in [6.07, 6.45) is 2.08. The average Bonchev–Trinajstić information content (AvgIpc) is 3.06. The number of hydrogen-bond acceptors (Lipinski definition) is 3. The number of fused-ring (bicyclic) bond motifs is 1. The Kier molecular flexibility index (Phi) is 3.30. The Balaban J connectivity index is 1.91. The molecule has 4 nitrogen and oxygen atoms in total. The molecule has 0 unspecified atom stereocenters. The van der Waals surface area contributed by atoms with E-state index in [1.54, 1.807) is 6.07 Å². The third kappa shape index (κ3) is 2.33. The second kappa shape index (κ2) is 5.11. The third-order valence-electron chi connectivity index (χ3n) is 3.27. The van der Waals surface area contributed by atoms with E-state index in [1.807, 2.05) is 6.07 Å². The maximum Gasteiger partial charge on any atom is 0.275 e. The number of nitrogens with zero attached hydrogens (tertiary/aromatic N) is 1. The van der Waals surface area contributed by atoms with Crippen molar-refractivity contribution in [2.45, 2.75) is 13.5 Å². The van der Waals surface area contributed by atoms with Crippen molar-refractivity contribution in [1.29, 1.82) is 0 Å². The SMILES string of the molecule is Cc1ccc2ccn(Cc3ccc(C(=O)NN)s3)c2c1. The van der Waals surface area contributed by atoms with E-state index < -0.39 is 0 Å². The number of carbonyl (C=O) groups excluding carboxylic acids is 1. The Morgan fingerprint density at radius 1 is 1.30 bits per heavy atom. The summed E-state index contributed by atoms with van der Waals surface area (Å²) in [5.74, 6) is 4.90. The highest BCUT2D eigenvalue weighted by Crippen LogP contribution is 2.22. The molecule has 3 N–H and O–H groups in total. The van der Waals surface area contributed by atoms with Crippen molar-refractivity contribution in [3.63, 3.8) is 0 Å². The molecule has 2 heterocycles. The minimum absolute atomic E-state index is 0.241. The molecule has 2 aromatic heterocycles. The fraction of sp³-hybridized carbons (Fsp3) is 0.133. The molecule has 1 amide bonds. The lowest BCUT2D eigenvalue weighted by Crippen LogP contribution is -2.29. The number of thiophene rings is 1. The van der Waals surface area contributed by atoms with E-state index in [0.29, 0.717) is 4.88 Å². The molecule has 1 aromatic carbocycles. The highest BCUT2D eigenvalue weighted by molar-refractivity contribution is 7.14. The largest absolute Gasteiger partial charge is 0.342 e. The van der Waals surface area contributed by atoms with Crippen LogP contribution in [0.15, 0.2) is 42.6 Å². The van der Waals surface area contributed by atoms with Crippen molar-refractivity contribution in [1.82, 2.24) is 9.99 Å². The van der Waals surface area contributed by atoms with Crippen molar-refractivity contribution in [2.24, 2.45) is 5.84 Å². The van der Waals surface area contributed by atoms with Gasteiger partial charge >= 0.3 is 0 Å². The molecule has 20 heavy (non-hydrogen) atoms. The van der Waals surface area contributed by atoms with Crippen LogP contribution in [-0.2, 0) is 6.54 Å². The lowest BCUT2D eigenvalue weighted by molar-refractivity contribution is 0.0957. The van der Waals surface area contributed by atoms with Crippen LogP contribution in [-0.4, -0.2) is 10.5 Å². The molecule has 0 aliphatic heterocycles. The average molecular weight is 285 g/mol. The monoisotopic (exact) mass is 285 g/mol. The van der Waals surface area contributed by atoms with Crippen LogP contribution in [0.1, 0.15) is 20.1 Å². The van der Waals surface area contributed by atoms with Gasteiger partial charge in [-0.3, -0.25) is 10.2 Å². The molecule has 0 bridgehead atoms. The molecule has 0 saturated heterocycles. The fourth-order valence-corrected chi connectivity index (χ4v) is 3.17. The van der Waals surface area contributed by atoms with E-state index in [0.717, 1.165) is 11.4 Å². The van der Waals surface area contributed by atoms with E-state index in [9.17, 15) is 4.79 Å². The van der Waals surface area contributed by atoms with Gasteiger partial charge in [-0.1, -0.05) is 12.1 Å². The van der Waals surface area contributed by atoms with Crippen molar-refractivity contribution in [2.75, 3.05) is 0 Å². The summed E-state index contributed by atoms with van der Waals surface area (Å²) in [5.41, 5.74) is 4.61. The normalized spacial score (nSPS) is 10.9. The third-order valence-corrected chi connectivity index (χ3v) is 4.34. The van der Waals surface area contributed by atoms with Crippen LogP contribution in [0.2, 0.25) is 0 Å². The van der Waals surface area contributed by atoms with Crippen molar-refractivity contribution >= 4 is 28.1 Å². The topological polar surface area (TPSA) is 60.0 Å². The predicted octanol–water partition coefficient (Wildman–Crippen LogP) is 2.66. The standard InChI is InChI=1S/C15H15N3OS/c1-10-2-3-11-6-7-18(13(11)8-10)9-12-4-5-14(20-12)15(19)17-16/h2-8H,9,16H2,1H3,(H,17,19). The van der Waals surface area contributed by atoms with Gasteiger partial charge in [0.25, 0.3) is 5.91 Å². The van der Waals surface area contributed by atoms with Crippen LogP contribution in [0, 0.1) is 6.92 Å². The van der Waals surface area contributed by atoms with Crippen molar-refractivity contribution in [3.8, 4) is 0 Å². The lowest BCUT2D eigenvalue weighted by atomic mass is 10.2. The van der Waals surface area contributed by atoms with Crippen LogP contribution >= 0.6 is 11.3 Å². The number of amides is 1. The van der Waals surface area contributed by atoms with Gasteiger partial charge in [0.05, 0.1) is 11.4 Å². The number of carbonyl (C=O) groups is 1. The Morgan fingerprint density at radius 3 is 2.95 bits per heavy atom. The number of aryl methyl sites for hydroxylation is 1. The van der Waals surface area contributed by atoms with Crippen LogP contribution in [0.3, 0.4) is 0 Å². The quantitative estimate of drug-likeness (QED) is 0.441. The predicted molar refractivity (Wildman–Crippen MR) is 81.7 cm³/mol. The van der Waals surface area contributed by atoms with E-state index in [2.05, 4.69) is 47.4 Å². The maximum atomic E-state index is 11.5. The van der Waals surface area contributed by atoms with Gasteiger partial charge in [0, 0.05) is 16.6 Å². The molecule has 0 fully saturated rings. The van der Waals surface area contributed by atoms with Crippen LogP contribution in [0.25, 0.3) is 10.9 Å². The molecule has 0 saturated carbocycles. The molecular weight excluding hydrogens is 270 g/mol. The van der Waals surface area contributed by atoms with Gasteiger partial charge < -0.3 is 4.57 Å². The minimum atomic E-state index is -0.241. The van der Waals surface area contributed by atoms with Gasteiger partial charge in [-0.05, 0) is 42.1 Å². The van der Waals surface area contributed by atoms with Crippen molar-refractivity contribution in [3.05, 3.63) is 57.9 Å². The smallest absolute Gasteiger partial charge is 0.275 e. The molecule has 0 aliphatic carbocycles. The molecule has 102 valence electrons. The second-order valence-electron chi connectivity index (χ2n) is 4.75. The number of nitrogen functional groups attached to an aromatic ring is 1. The van der Waals surface area contributed by atoms with Gasteiger partial charge in [0.1, 0.15) is 0 Å². The number of hydrazine groups is 1. The number of hydrogen-bond donors (Lipinski definition) is 2. The highest BCUT2D eigenvalue weighted by atomic mass is 32.1. The number of nitrogens with one attached hydrogen (secondary N) is 1. The summed E-state index contributed by atoms with van der Waals surface area (Å²) in [6.45, 7) is 2.85. The molecule has 3 rings (SSSR count). The first-order valence-electron chi connectivity index (χ1n) is 6.32. The Hall–Kier alpha value is -2.11. The van der Waals surface area contributed by atoms with Gasteiger partial charge in [0.2, 0.25) is 0 Å². The summed E-state index contributed by atoms with van der Waals surface area (Å²) < 4.78 is 2.19. The number of nitrogens with two attached hydrogens (primary N) is 1. The molecular formula is C15H15N3OS. The van der Waals surface area contributed by atoms with E-state index in [1.165, 1.54) is 27.8 Å². The minimum Gasteiger partial charge on any atom is -0.342 e. The zero-order chi connectivity index (χ0) is 14.1. The van der Waals surface area contributed by atoms with Crippen LogP contribution in [0.5, 0.6) is 0 Å². The van der Waals surface area contributed by atoms with Crippen LogP contribution in [0.4, 0.5) is 0 Å². The van der Waals surface area contributed by atoms with E-state index >= 15 is 0 Å². The number of benzene rings is 1. The van der Waals surface area contributed by atoms with E-state index in [4.69, 9.17) is 5.84 Å². The molecule has 3 aromatic rings. The lowest BCUT2D eigenvalue weighted by Gasteiger charge is -2.04. The van der Waals surface area contributed by atoms with Gasteiger partial charge in [-0.2, -0.15) is 0 Å². The zero-order valence-electron chi connectivity index (χ0n) is 11.1. The van der Waals surface area contributed by atoms with Gasteiger partial charge in [0.15, 0.2) is 0 Å². The molecule has 0 aliphatic rings. The van der Waals surface area contributed by atoms with Gasteiger partial charge in [-0.25, -0.2) is 5.84 Å². The first-order chi connectivity index (χ1) is 9.67. The summed E-state index contributed by atoms with van der Waals surface area (Å²) in [7, 11) is 0. The first kappa shape index (κ1) is 12.9. The Bertz CT molecular complexity index is 772. The van der Waals surface area contributed by atoms with Crippen molar-refractivity contribution < 1.29 is 4.79 Å².